The highest BCUT2D eigenvalue weighted by Crippen LogP contribution is 2.44. The molecule has 174 valence electrons. The molecular weight excluding hydrogens is 412 g/mol. The highest BCUT2D eigenvalue weighted by molar-refractivity contribution is 5.90. The fraction of sp³-hybridized carbons (Fsp3) is 0.481. The number of benzene rings is 1. The Hall–Kier alpha value is -2.70. The first-order chi connectivity index (χ1) is 15.8. The van der Waals surface area contributed by atoms with E-state index in [-0.39, 0.29) is 0 Å². The van der Waals surface area contributed by atoms with Crippen LogP contribution < -0.4 is 5.73 Å². The third-order valence-electron chi connectivity index (χ3n) is 7.50. The van der Waals surface area contributed by atoms with E-state index < -0.39 is 17.6 Å². The fourth-order valence-corrected chi connectivity index (χ4v) is 5.96. The van der Waals surface area contributed by atoms with Crippen molar-refractivity contribution in [3.63, 3.8) is 0 Å². The molecule has 4 heterocycles. The molecule has 2 aliphatic rings. The van der Waals surface area contributed by atoms with E-state index >= 15 is 0 Å². The van der Waals surface area contributed by atoms with Crippen LogP contribution in [0.25, 0.3) is 10.9 Å². The summed E-state index contributed by atoms with van der Waals surface area (Å²) in [5.74, 6) is -0.405. The normalized spacial score (nSPS) is 20.8. The number of pyridine rings is 1. The first-order valence-corrected chi connectivity index (χ1v) is 12.0. The molecule has 1 aromatic carbocycles. The van der Waals surface area contributed by atoms with Crippen LogP contribution in [0.4, 0.5) is 0 Å². The molecule has 5 rings (SSSR count). The van der Waals surface area contributed by atoms with Gasteiger partial charge in [-0.05, 0) is 63.4 Å². The van der Waals surface area contributed by atoms with Crippen molar-refractivity contribution in [3.8, 4) is 0 Å². The van der Waals surface area contributed by atoms with Gasteiger partial charge in [-0.2, -0.15) is 0 Å². The minimum atomic E-state index is -0.871. The Labute approximate surface area is 195 Å². The quantitative estimate of drug-likeness (QED) is 0.602. The minimum absolute atomic E-state index is 0.405. The van der Waals surface area contributed by atoms with Gasteiger partial charge >= 0.3 is 5.97 Å². The average Bonchev–Trinajstić information content (AvgIpc) is 3.37. The standard InChI is InChI=1S/C27H34N4O2/c1-17-13-19(15-27(3,33-26(32)18(2)28)20-7-5-10-29-16-20)25-21(14-17)24-22(30(25)4)9-12-31-11-6-8-23(24)31/h5,7,10,13-14,16,18,23H,6,8-9,11-12,15,28H2,1-4H3. The molecule has 6 nitrogen and oxygen atoms in total. The minimum Gasteiger partial charge on any atom is -0.453 e. The lowest BCUT2D eigenvalue weighted by molar-refractivity contribution is -0.160. The van der Waals surface area contributed by atoms with Gasteiger partial charge < -0.3 is 15.0 Å². The van der Waals surface area contributed by atoms with E-state index in [1.165, 1.54) is 52.7 Å². The average molecular weight is 447 g/mol. The lowest BCUT2D eigenvalue weighted by Gasteiger charge is -2.31. The van der Waals surface area contributed by atoms with Gasteiger partial charge in [0.2, 0.25) is 0 Å². The summed E-state index contributed by atoms with van der Waals surface area (Å²) in [7, 11) is 2.19. The smallest absolute Gasteiger partial charge is 0.323 e. The summed E-state index contributed by atoms with van der Waals surface area (Å²) in [6.07, 6.45) is 7.66. The Morgan fingerprint density at radius 3 is 2.91 bits per heavy atom. The maximum Gasteiger partial charge on any atom is 0.323 e. The number of carbonyl (C=O) groups excluding carboxylic acids is 1. The zero-order valence-corrected chi connectivity index (χ0v) is 20.1. The van der Waals surface area contributed by atoms with Gasteiger partial charge in [0.15, 0.2) is 0 Å². The molecule has 3 unspecified atom stereocenters. The topological polar surface area (TPSA) is 73.4 Å². The van der Waals surface area contributed by atoms with Crippen LogP contribution >= 0.6 is 0 Å². The van der Waals surface area contributed by atoms with Crippen LogP contribution in [-0.4, -0.2) is 39.6 Å². The third-order valence-corrected chi connectivity index (χ3v) is 7.50. The van der Waals surface area contributed by atoms with E-state index in [0.29, 0.717) is 12.5 Å². The molecule has 0 spiro atoms. The largest absolute Gasteiger partial charge is 0.453 e. The number of hydrogen-bond donors (Lipinski definition) is 1. The number of aromatic nitrogens is 2. The van der Waals surface area contributed by atoms with Crippen molar-refractivity contribution in [2.45, 2.75) is 64.1 Å². The number of ether oxygens (including phenoxy) is 1. The van der Waals surface area contributed by atoms with Gasteiger partial charge in [-0.15, -0.1) is 0 Å². The van der Waals surface area contributed by atoms with Gasteiger partial charge in [0.05, 0.1) is 5.52 Å². The van der Waals surface area contributed by atoms with E-state index in [2.05, 4.69) is 40.6 Å². The summed E-state index contributed by atoms with van der Waals surface area (Å²) in [5.41, 5.74) is 12.5. The van der Waals surface area contributed by atoms with E-state index in [0.717, 1.165) is 18.5 Å². The second-order valence-corrected chi connectivity index (χ2v) is 10.0. The van der Waals surface area contributed by atoms with E-state index in [4.69, 9.17) is 10.5 Å². The molecule has 2 aromatic heterocycles. The SMILES string of the molecule is Cc1cc(CC(C)(OC(=O)C(C)N)c2cccnc2)c2c(c1)c1c(n2C)CCN2CCCC12. The van der Waals surface area contributed by atoms with Gasteiger partial charge in [0, 0.05) is 61.5 Å². The lowest BCUT2D eigenvalue weighted by Crippen LogP contribution is -2.38. The van der Waals surface area contributed by atoms with Crippen molar-refractivity contribution >= 4 is 16.9 Å². The second-order valence-electron chi connectivity index (χ2n) is 10.0. The van der Waals surface area contributed by atoms with Gasteiger partial charge in [-0.3, -0.25) is 14.7 Å². The highest BCUT2D eigenvalue weighted by atomic mass is 16.6. The first-order valence-electron chi connectivity index (χ1n) is 12.0. The van der Waals surface area contributed by atoms with Crippen molar-refractivity contribution in [2.75, 3.05) is 13.1 Å². The number of hydrogen-bond acceptors (Lipinski definition) is 5. The number of fused-ring (bicyclic) bond motifs is 5. The zero-order chi connectivity index (χ0) is 23.3. The molecule has 3 aromatic rings. The summed E-state index contributed by atoms with van der Waals surface area (Å²) >= 11 is 0. The van der Waals surface area contributed by atoms with Gasteiger partial charge in [0.25, 0.3) is 0 Å². The number of nitrogens with two attached hydrogens (primary N) is 1. The summed E-state index contributed by atoms with van der Waals surface area (Å²) in [6, 6.07) is 8.28. The van der Waals surface area contributed by atoms with Crippen LogP contribution in [0.2, 0.25) is 0 Å². The van der Waals surface area contributed by atoms with Crippen molar-refractivity contribution < 1.29 is 9.53 Å². The Bertz CT molecular complexity index is 1200. The molecule has 1 fully saturated rings. The van der Waals surface area contributed by atoms with Crippen molar-refractivity contribution in [1.29, 1.82) is 0 Å². The van der Waals surface area contributed by atoms with Crippen LogP contribution in [0.3, 0.4) is 0 Å². The number of carbonyl (C=O) groups is 1. The lowest BCUT2D eigenvalue weighted by atomic mass is 9.87. The fourth-order valence-electron chi connectivity index (χ4n) is 5.96. The number of esters is 1. The van der Waals surface area contributed by atoms with Crippen molar-refractivity contribution in [3.05, 3.63) is 64.6 Å². The Morgan fingerprint density at radius 2 is 2.18 bits per heavy atom. The third kappa shape index (κ3) is 3.75. The molecule has 33 heavy (non-hydrogen) atoms. The number of nitrogens with zero attached hydrogens (tertiary/aromatic N) is 3. The molecular formula is C27H34N4O2. The monoisotopic (exact) mass is 446 g/mol. The molecule has 2 aliphatic heterocycles. The van der Waals surface area contributed by atoms with E-state index in [9.17, 15) is 4.79 Å². The molecule has 0 amide bonds. The van der Waals surface area contributed by atoms with Crippen LogP contribution in [0.1, 0.15) is 60.7 Å². The molecule has 0 aliphatic carbocycles. The number of rotatable bonds is 5. The predicted octanol–water partition coefficient (Wildman–Crippen LogP) is 3.92. The molecule has 0 bridgehead atoms. The summed E-state index contributed by atoms with van der Waals surface area (Å²) in [6.45, 7) is 8.13. The van der Waals surface area contributed by atoms with E-state index in [1.54, 1.807) is 19.3 Å². The molecule has 6 heteroatoms. The second kappa shape index (κ2) is 8.26. The summed E-state index contributed by atoms with van der Waals surface area (Å²) in [5, 5.41) is 1.35. The Balaban J connectivity index is 1.65. The van der Waals surface area contributed by atoms with Crippen LogP contribution in [0.5, 0.6) is 0 Å². The molecule has 1 saturated heterocycles. The van der Waals surface area contributed by atoms with Crippen molar-refractivity contribution in [2.24, 2.45) is 12.8 Å². The zero-order valence-electron chi connectivity index (χ0n) is 20.1. The summed E-state index contributed by atoms with van der Waals surface area (Å²) < 4.78 is 8.46. The van der Waals surface area contributed by atoms with Crippen LogP contribution in [-0.2, 0) is 35.0 Å². The molecule has 2 N–H and O–H groups in total. The Kier molecular flexibility index (Phi) is 5.53. The molecule has 0 radical (unpaired) electrons. The molecule has 3 atom stereocenters. The number of aryl methyl sites for hydroxylation is 2. The van der Waals surface area contributed by atoms with Gasteiger partial charge in [-0.1, -0.05) is 17.7 Å². The van der Waals surface area contributed by atoms with Crippen LogP contribution in [0.15, 0.2) is 36.7 Å². The maximum absolute atomic E-state index is 12.6. The predicted molar refractivity (Wildman–Crippen MR) is 130 cm³/mol. The first kappa shape index (κ1) is 22.1. The van der Waals surface area contributed by atoms with Crippen molar-refractivity contribution in [1.82, 2.24) is 14.5 Å². The highest BCUT2D eigenvalue weighted by Gasteiger charge is 2.37. The molecule has 0 saturated carbocycles. The maximum atomic E-state index is 12.6. The summed E-state index contributed by atoms with van der Waals surface area (Å²) in [4.78, 5) is 19.6. The Morgan fingerprint density at radius 1 is 1.36 bits per heavy atom. The van der Waals surface area contributed by atoms with Gasteiger partial charge in [0.1, 0.15) is 11.6 Å². The van der Waals surface area contributed by atoms with Gasteiger partial charge in [-0.25, -0.2) is 0 Å². The van der Waals surface area contributed by atoms with Crippen LogP contribution in [0, 0.1) is 6.92 Å². The van der Waals surface area contributed by atoms with E-state index in [1.807, 2.05) is 19.1 Å².